The van der Waals surface area contributed by atoms with Gasteiger partial charge in [-0.3, -0.25) is 0 Å². The highest BCUT2D eigenvalue weighted by Crippen LogP contribution is 2.34. The molecule has 0 saturated heterocycles. The zero-order valence-electron chi connectivity index (χ0n) is 15.0. The van der Waals surface area contributed by atoms with Crippen molar-refractivity contribution in [1.29, 1.82) is 0 Å². The smallest absolute Gasteiger partial charge is 0.123 e. The number of para-hydroxylation sites is 1. The first kappa shape index (κ1) is 19.2. The Morgan fingerprint density at radius 2 is 1.85 bits per heavy atom. The van der Waals surface area contributed by atoms with E-state index in [1.54, 1.807) is 23.9 Å². The van der Waals surface area contributed by atoms with Gasteiger partial charge in [0.15, 0.2) is 0 Å². The fourth-order valence-electron chi connectivity index (χ4n) is 3.07. The fraction of sp³-hybridized carbons (Fsp3) is 0.318. The summed E-state index contributed by atoms with van der Waals surface area (Å²) in [5.74, 6) is 0.600. The van der Waals surface area contributed by atoms with Gasteiger partial charge in [-0.05, 0) is 66.6 Å². The predicted octanol–water partition coefficient (Wildman–Crippen LogP) is 7.47. The molecule has 2 unspecified atom stereocenters. The molecular weight excluding hydrogens is 361 g/mol. The van der Waals surface area contributed by atoms with Crippen molar-refractivity contribution in [3.8, 4) is 0 Å². The highest BCUT2D eigenvalue weighted by atomic mass is 32.2. The van der Waals surface area contributed by atoms with E-state index in [1.807, 2.05) is 47.5 Å². The van der Waals surface area contributed by atoms with E-state index >= 15 is 0 Å². The Morgan fingerprint density at radius 3 is 2.58 bits per heavy atom. The van der Waals surface area contributed by atoms with Crippen LogP contribution < -0.4 is 0 Å². The van der Waals surface area contributed by atoms with E-state index in [9.17, 15) is 4.39 Å². The van der Waals surface area contributed by atoms with Crippen LogP contribution in [0.2, 0.25) is 0 Å². The van der Waals surface area contributed by atoms with Crippen molar-refractivity contribution in [2.45, 2.75) is 42.8 Å². The predicted molar refractivity (Wildman–Crippen MR) is 114 cm³/mol. The number of hydrogen-bond donors (Lipinski definition) is 0. The summed E-state index contributed by atoms with van der Waals surface area (Å²) in [7, 11) is 0. The van der Waals surface area contributed by atoms with Gasteiger partial charge in [0, 0.05) is 10.1 Å². The molecule has 1 saturated carbocycles. The van der Waals surface area contributed by atoms with Crippen LogP contribution >= 0.6 is 23.5 Å². The molecule has 0 bridgehead atoms. The van der Waals surface area contributed by atoms with Crippen molar-refractivity contribution in [3.63, 3.8) is 0 Å². The lowest BCUT2D eigenvalue weighted by atomic mass is 9.91. The summed E-state index contributed by atoms with van der Waals surface area (Å²) in [4.78, 5) is 5.87. The average Bonchev–Trinajstić information content (AvgIpc) is 2.64. The summed E-state index contributed by atoms with van der Waals surface area (Å²) in [6.45, 7) is 2.35. The molecule has 2 atom stereocenters. The van der Waals surface area contributed by atoms with Gasteiger partial charge in [-0.2, -0.15) is 0 Å². The van der Waals surface area contributed by atoms with Crippen molar-refractivity contribution >= 4 is 34.3 Å². The SMILES string of the molecule is CC1CCCC(SC(C=CSc2ccc(F)cc2)=Nc2ccccc2)C1. The second-order valence-corrected chi connectivity index (χ2v) is 8.97. The van der Waals surface area contributed by atoms with Gasteiger partial charge in [-0.25, -0.2) is 9.38 Å². The highest BCUT2D eigenvalue weighted by Gasteiger charge is 2.20. The summed E-state index contributed by atoms with van der Waals surface area (Å²) in [5.41, 5.74) is 0.982. The molecule has 1 nitrogen and oxygen atoms in total. The van der Waals surface area contributed by atoms with E-state index in [2.05, 4.69) is 13.0 Å². The van der Waals surface area contributed by atoms with E-state index < -0.39 is 0 Å². The van der Waals surface area contributed by atoms with Crippen LogP contribution in [0.25, 0.3) is 0 Å². The summed E-state index contributed by atoms with van der Waals surface area (Å²) >= 11 is 3.48. The van der Waals surface area contributed by atoms with Crippen LogP contribution in [0, 0.1) is 11.7 Å². The van der Waals surface area contributed by atoms with Gasteiger partial charge >= 0.3 is 0 Å². The molecule has 4 heteroatoms. The summed E-state index contributed by atoms with van der Waals surface area (Å²) < 4.78 is 13.0. The number of thioether (sulfide) groups is 2. The van der Waals surface area contributed by atoms with E-state index in [-0.39, 0.29) is 5.82 Å². The molecule has 0 radical (unpaired) electrons. The number of halogens is 1. The Hall–Kier alpha value is -1.52. The monoisotopic (exact) mass is 385 g/mol. The molecule has 0 N–H and O–H groups in total. The Labute approximate surface area is 164 Å². The van der Waals surface area contributed by atoms with Gasteiger partial charge in [0.1, 0.15) is 5.82 Å². The molecule has 2 aromatic rings. The highest BCUT2D eigenvalue weighted by molar-refractivity contribution is 8.15. The zero-order chi connectivity index (χ0) is 18.2. The van der Waals surface area contributed by atoms with E-state index in [0.717, 1.165) is 21.5 Å². The lowest BCUT2D eigenvalue weighted by molar-refractivity contribution is 0.395. The molecule has 26 heavy (non-hydrogen) atoms. The van der Waals surface area contributed by atoms with Crippen LogP contribution in [0.3, 0.4) is 0 Å². The van der Waals surface area contributed by atoms with Gasteiger partial charge in [0.05, 0.1) is 10.7 Å². The minimum atomic E-state index is -0.202. The Bertz CT molecular complexity index is 740. The van der Waals surface area contributed by atoms with Gasteiger partial charge in [-0.15, -0.1) is 11.8 Å². The lowest BCUT2D eigenvalue weighted by Crippen LogP contribution is -2.16. The third-order valence-corrected chi connectivity index (χ3v) is 6.45. The summed E-state index contributed by atoms with van der Waals surface area (Å²) in [6.07, 6.45) is 7.27. The van der Waals surface area contributed by atoms with Crippen LogP contribution in [0.4, 0.5) is 10.1 Å². The molecule has 0 spiro atoms. The van der Waals surface area contributed by atoms with Crippen molar-refractivity contribution in [3.05, 3.63) is 71.9 Å². The molecule has 0 amide bonds. The molecule has 3 rings (SSSR count). The fourth-order valence-corrected chi connectivity index (χ4v) is 5.16. The third kappa shape index (κ3) is 6.33. The summed E-state index contributed by atoms with van der Waals surface area (Å²) in [5, 5.41) is 3.74. The van der Waals surface area contributed by atoms with Crippen LogP contribution in [-0.2, 0) is 0 Å². The molecule has 0 aliphatic heterocycles. The Morgan fingerprint density at radius 1 is 1.08 bits per heavy atom. The van der Waals surface area contributed by atoms with Gasteiger partial charge in [0.25, 0.3) is 0 Å². The topological polar surface area (TPSA) is 12.4 Å². The molecule has 1 aliphatic carbocycles. The number of nitrogens with zero attached hydrogens (tertiary/aromatic N) is 1. The van der Waals surface area contributed by atoms with E-state index in [4.69, 9.17) is 4.99 Å². The second kappa shape index (κ2) is 9.98. The van der Waals surface area contributed by atoms with Crippen molar-refractivity contribution < 1.29 is 4.39 Å². The second-order valence-electron chi connectivity index (χ2n) is 6.67. The number of aliphatic imine (C=N–C) groups is 1. The standard InChI is InChI=1S/C22H24FNS2/c1-17-6-5-9-21(16-17)26-22(24-19-7-3-2-4-8-19)14-15-25-20-12-10-18(23)11-13-20/h2-4,7-8,10-15,17,21H,5-6,9,16H2,1H3. The molecule has 136 valence electrons. The minimum Gasteiger partial charge on any atom is -0.242 e. The first-order valence-corrected chi connectivity index (χ1v) is 10.8. The maximum absolute atomic E-state index is 13.0. The minimum absolute atomic E-state index is 0.202. The first-order chi connectivity index (χ1) is 12.7. The van der Waals surface area contributed by atoms with Crippen LogP contribution in [0.15, 0.2) is 76.0 Å². The molecule has 0 heterocycles. The molecule has 1 fully saturated rings. The van der Waals surface area contributed by atoms with Gasteiger partial charge < -0.3 is 0 Å². The van der Waals surface area contributed by atoms with Crippen LogP contribution in [-0.4, -0.2) is 10.3 Å². The van der Waals surface area contributed by atoms with Crippen LogP contribution in [0.1, 0.15) is 32.6 Å². The van der Waals surface area contributed by atoms with Gasteiger partial charge in [0.2, 0.25) is 0 Å². The lowest BCUT2D eigenvalue weighted by Gasteiger charge is -2.26. The Kier molecular flexibility index (Phi) is 7.39. The van der Waals surface area contributed by atoms with Crippen molar-refractivity contribution in [1.82, 2.24) is 0 Å². The maximum Gasteiger partial charge on any atom is 0.123 e. The van der Waals surface area contributed by atoms with E-state index in [0.29, 0.717) is 5.25 Å². The summed E-state index contributed by atoms with van der Waals surface area (Å²) in [6, 6.07) is 16.7. The van der Waals surface area contributed by atoms with Crippen molar-refractivity contribution in [2.24, 2.45) is 10.9 Å². The number of hydrogen-bond acceptors (Lipinski definition) is 3. The molecule has 1 aliphatic rings. The average molecular weight is 386 g/mol. The quantitative estimate of drug-likeness (QED) is 0.300. The van der Waals surface area contributed by atoms with Crippen molar-refractivity contribution in [2.75, 3.05) is 0 Å². The zero-order valence-corrected chi connectivity index (χ0v) is 16.6. The van der Waals surface area contributed by atoms with E-state index in [1.165, 1.54) is 37.8 Å². The third-order valence-electron chi connectivity index (χ3n) is 4.40. The number of rotatable bonds is 5. The number of benzene rings is 2. The molecule has 2 aromatic carbocycles. The largest absolute Gasteiger partial charge is 0.242 e. The Balaban J connectivity index is 1.70. The molecular formula is C22H24FNS2. The first-order valence-electron chi connectivity index (χ1n) is 9.08. The maximum atomic E-state index is 13.0. The van der Waals surface area contributed by atoms with Crippen LogP contribution in [0.5, 0.6) is 0 Å². The normalized spacial score (nSPS) is 21.2. The van der Waals surface area contributed by atoms with Gasteiger partial charge in [-0.1, -0.05) is 49.7 Å². The molecule has 0 aromatic heterocycles.